The van der Waals surface area contributed by atoms with Crippen molar-refractivity contribution >= 4 is 5.69 Å². The van der Waals surface area contributed by atoms with E-state index in [1.54, 1.807) is 0 Å². The lowest BCUT2D eigenvalue weighted by molar-refractivity contribution is 0.608. The lowest BCUT2D eigenvalue weighted by atomic mass is 10.3. The molecule has 4 heteroatoms. The van der Waals surface area contributed by atoms with Crippen molar-refractivity contribution in [3.63, 3.8) is 0 Å². The van der Waals surface area contributed by atoms with Gasteiger partial charge in [-0.2, -0.15) is 0 Å². The molecule has 1 heterocycles. The average molecular weight is 272 g/mol. The van der Waals surface area contributed by atoms with Crippen LogP contribution < -0.4 is 10.2 Å². The molecular weight excluding hydrogens is 248 g/mol. The zero-order valence-electron chi connectivity index (χ0n) is 12.4. The van der Waals surface area contributed by atoms with E-state index in [-0.39, 0.29) is 0 Å². The van der Waals surface area contributed by atoms with Crippen molar-refractivity contribution < 1.29 is 0 Å². The summed E-state index contributed by atoms with van der Waals surface area (Å²) >= 11 is 0. The molecule has 0 aliphatic carbocycles. The van der Waals surface area contributed by atoms with Gasteiger partial charge >= 0.3 is 0 Å². The van der Waals surface area contributed by atoms with Crippen LogP contribution in [-0.2, 0) is 13.1 Å². The van der Waals surface area contributed by atoms with E-state index >= 15 is 0 Å². The fourth-order valence-electron chi connectivity index (χ4n) is 2.25. The Morgan fingerprint density at radius 3 is 2.80 bits per heavy atom. The molecule has 1 N–H and O–H groups in total. The van der Waals surface area contributed by atoms with Gasteiger partial charge in [-0.15, -0.1) is 0 Å². The van der Waals surface area contributed by atoms with Crippen molar-refractivity contribution in [2.24, 2.45) is 0 Å². The van der Waals surface area contributed by atoms with E-state index in [1.165, 1.54) is 11.4 Å². The Balaban J connectivity index is 1.65. The van der Waals surface area contributed by atoms with Crippen molar-refractivity contribution in [2.45, 2.75) is 26.4 Å². The zero-order chi connectivity index (χ0) is 14.2. The fourth-order valence-corrected chi connectivity index (χ4v) is 2.25. The van der Waals surface area contributed by atoms with Gasteiger partial charge in [0.1, 0.15) is 0 Å². The lowest BCUT2D eigenvalue weighted by Gasteiger charge is -2.19. The van der Waals surface area contributed by atoms with E-state index in [0.29, 0.717) is 0 Å². The first kappa shape index (κ1) is 14.6. The van der Waals surface area contributed by atoms with Gasteiger partial charge < -0.3 is 14.8 Å². The van der Waals surface area contributed by atoms with Crippen molar-refractivity contribution in [1.82, 2.24) is 14.9 Å². The third kappa shape index (κ3) is 4.10. The van der Waals surface area contributed by atoms with Crippen molar-refractivity contribution in [2.75, 3.05) is 25.0 Å². The molecule has 0 spiro atoms. The molecule has 0 atom stereocenters. The Kier molecular flexibility index (Phi) is 5.62. The first-order valence-corrected chi connectivity index (χ1v) is 7.27. The maximum absolute atomic E-state index is 4.17. The molecule has 0 unspecified atom stereocenters. The number of anilines is 1. The molecule has 0 fully saturated rings. The molecule has 0 radical (unpaired) electrons. The first-order valence-electron chi connectivity index (χ1n) is 7.27. The highest BCUT2D eigenvalue weighted by atomic mass is 15.1. The summed E-state index contributed by atoms with van der Waals surface area (Å²) in [5, 5.41) is 3.48. The predicted molar refractivity (Wildman–Crippen MR) is 83.9 cm³/mol. The normalized spacial score (nSPS) is 10.7. The second kappa shape index (κ2) is 7.70. The second-order valence-corrected chi connectivity index (χ2v) is 4.96. The molecule has 4 nitrogen and oxygen atoms in total. The molecule has 0 aliphatic heterocycles. The molecule has 0 saturated carbocycles. The largest absolute Gasteiger partial charge is 0.375 e. The maximum atomic E-state index is 4.17. The number of para-hydroxylation sites is 1. The minimum Gasteiger partial charge on any atom is -0.375 e. The molecule has 108 valence electrons. The van der Waals surface area contributed by atoms with Gasteiger partial charge in [-0.05, 0) is 32.0 Å². The van der Waals surface area contributed by atoms with Gasteiger partial charge in [0.25, 0.3) is 0 Å². The summed E-state index contributed by atoms with van der Waals surface area (Å²) in [5.41, 5.74) is 2.53. The van der Waals surface area contributed by atoms with Gasteiger partial charge in [-0.1, -0.05) is 18.2 Å². The highest BCUT2D eigenvalue weighted by Gasteiger charge is 2.01. The molecular formula is C16H24N4. The molecule has 1 aromatic heterocycles. The number of aromatic nitrogens is 2. The smallest absolute Gasteiger partial charge is 0.0948 e. The van der Waals surface area contributed by atoms with Crippen molar-refractivity contribution in [1.29, 1.82) is 0 Å². The van der Waals surface area contributed by atoms with E-state index in [4.69, 9.17) is 0 Å². The van der Waals surface area contributed by atoms with Gasteiger partial charge in [-0.3, -0.25) is 0 Å². The Labute approximate surface area is 121 Å². The number of nitrogens with one attached hydrogen (secondary N) is 1. The summed E-state index contributed by atoms with van der Waals surface area (Å²) in [5.74, 6) is 0. The van der Waals surface area contributed by atoms with Crippen molar-refractivity contribution in [3.05, 3.63) is 48.5 Å². The molecule has 20 heavy (non-hydrogen) atoms. The summed E-state index contributed by atoms with van der Waals surface area (Å²) in [4.78, 5) is 6.46. The summed E-state index contributed by atoms with van der Waals surface area (Å²) in [6.45, 7) is 6.09. The van der Waals surface area contributed by atoms with E-state index in [2.05, 4.69) is 64.1 Å². The number of rotatable bonds is 8. The standard InChI is InChI=1S/C16H24N4/c1-3-20-14-18-13-16(20)12-17-10-7-11-19(2)15-8-5-4-6-9-15/h4-6,8-9,13-14,17H,3,7,10-12H2,1-2H3. The van der Waals surface area contributed by atoms with Gasteiger partial charge in [-0.25, -0.2) is 4.98 Å². The molecule has 0 saturated heterocycles. The highest BCUT2D eigenvalue weighted by molar-refractivity contribution is 5.44. The average Bonchev–Trinajstić information content (AvgIpc) is 2.95. The third-order valence-electron chi connectivity index (χ3n) is 3.49. The van der Waals surface area contributed by atoms with Crippen LogP contribution in [0.3, 0.4) is 0 Å². The topological polar surface area (TPSA) is 33.1 Å². The SMILES string of the molecule is CCn1cncc1CNCCCN(C)c1ccccc1. The van der Waals surface area contributed by atoms with Crippen LogP contribution in [-0.4, -0.2) is 29.7 Å². The Hall–Kier alpha value is -1.81. The molecule has 1 aromatic carbocycles. The number of hydrogen-bond acceptors (Lipinski definition) is 3. The predicted octanol–water partition coefficient (Wildman–Crippen LogP) is 2.52. The number of hydrogen-bond donors (Lipinski definition) is 1. The van der Waals surface area contributed by atoms with Gasteiger partial charge in [0.2, 0.25) is 0 Å². The number of aryl methyl sites for hydroxylation is 1. The van der Waals surface area contributed by atoms with Crippen LogP contribution in [0, 0.1) is 0 Å². The van der Waals surface area contributed by atoms with Crippen LogP contribution in [0.25, 0.3) is 0 Å². The zero-order valence-corrected chi connectivity index (χ0v) is 12.4. The van der Waals surface area contributed by atoms with Gasteiger partial charge in [0, 0.05) is 38.6 Å². The van der Waals surface area contributed by atoms with E-state index in [1.807, 2.05) is 12.5 Å². The lowest BCUT2D eigenvalue weighted by Crippen LogP contribution is -2.24. The summed E-state index contributed by atoms with van der Waals surface area (Å²) in [6.07, 6.45) is 4.96. The molecule has 2 rings (SSSR count). The summed E-state index contributed by atoms with van der Waals surface area (Å²) in [7, 11) is 2.14. The van der Waals surface area contributed by atoms with E-state index in [9.17, 15) is 0 Å². The molecule has 2 aromatic rings. The summed E-state index contributed by atoms with van der Waals surface area (Å²) in [6, 6.07) is 10.5. The molecule has 0 aliphatic rings. The monoisotopic (exact) mass is 272 g/mol. The molecule has 0 amide bonds. The van der Waals surface area contributed by atoms with Crippen LogP contribution in [0.4, 0.5) is 5.69 Å². The summed E-state index contributed by atoms with van der Waals surface area (Å²) < 4.78 is 2.17. The number of imidazole rings is 1. The first-order chi connectivity index (χ1) is 9.81. The highest BCUT2D eigenvalue weighted by Crippen LogP contribution is 2.10. The minimum absolute atomic E-state index is 0.892. The van der Waals surface area contributed by atoms with Crippen LogP contribution in [0.1, 0.15) is 19.0 Å². The van der Waals surface area contributed by atoms with E-state index < -0.39 is 0 Å². The fraction of sp³-hybridized carbons (Fsp3) is 0.438. The van der Waals surface area contributed by atoms with Crippen LogP contribution >= 0.6 is 0 Å². The maximum Gasteiger partial charge on any atom is 0.0948 e. The van der Waals surface area contributed by atoms with Gasteiger partial charge in [0.05, 0.1) is 12.0 Å². The van der Waals surface area contributed by atoms with Crippen molar-refractivity contribution in [3.8, 4) is 0 Å². The number of nitrogens with zero attached hydrogens (tertiary/aromatic N) is 3. The van der Waals surface area contributed by atoms with Crippen LogP contribution in [0.15, 0.2) is 42.9 Å². The second-order valence-electron chi connectivity index (χ2n) is 4.96. The quantitative estimate of drug-likeness (QED) is 0.750. The van der Waals surface area contributed by atoms with Crippen LogP contribution in [0.2, 0.25) is 0 Å². The van der Waals surface area contributed by atoms with Gasteiger partial charge in [0.15, 0.2) is 0 Å². The molecule has 0 bridgehead atoms. The minimum atomic E-state index is 0.892. The Morgan fingerprint density at radius 1 is 1.25 bits per heavy atom. The van der Waals surface area contributed by atoms with E-state index in [0.717, 1.165) is 32.6 Å². The Morgan fingerprint density at radius 2 is 2.05 bits per heavy atom. The number of benzene rings is 1. The Bertz CT molecular complexity index is 492. The third-order valence-corrected chi connectivity index (χ3v) is 3.49. The van der Waals surface area contributed by atoms with Crippen LogP contribution in [0.5, 0.6) is 0 Å².